The molecule has 3 aliphatic rings. The Labute approximate surface area is 171 Å². The Bertz CT molecular complexity index is 860. The van der Waals surface area contributed by atoms with Crippen molar-refractivity contribution in [2.75, 3.05) is 33.2 Å². The van der Waals surface area contributed by atoms with Gasteiger partial charge in [-0.2, -0.15) is 0 Å². The number of halogens is 1. The highest BCUT2D eigenvalue weighted by Crippen LogP contribution is 2.40. The van der Waals surface area contributed by atoms with Crippen LogP contribution in [0.1, 0.15) is 50.6 Å². The summed E-state index contributed by atoms with van der Waals surface area (Å²) < 4.78 is 8.66. The highest BCUT2D eigenvalue weighted by molar-refractivity contribution is 6.33. The predicted molar refractivity (Wildman–Crippen MR) is 111 cm³/mol. The smallest absolute Gasteiger partial charge is 0.147 e. The molecule has 5 rings (SSSR count). The molecular weight excluding hydrogens is 374 g/mol. The molecule has 0 bridgehead atoms. The number of ether oxygens (including phenoxy) is 1. The molecular formula is C21H30ClN5O. The summed E-state index contributed by atoms with van der Waals surface area (Å²) in [5.74, 6) is 0.702. The Balaban J connectivity index is 1.29. The van der Waals surface area contributed by atoms with E-state index < -0.39 is 0 Å². The summed E-state index contributed by atoms with van der Waals surface area (Å²) in [6, 6.07) is 2.00. The van der Waals surface area contributed by atoms with E-state index in [2.05, 4.69) is 31.4 Å². The second-order valence-corrected chi connectivity index (χ2v) is 9.25. The first-order valence-electron chi connectivity index (χ1n) is 10.6. The van der Waals surface area contributed by atoms with E-state index in [9.17, 15) is 0 Å². The van der Waals surface area contributed by atoms with Gasteiger partial charge in [0.05, 0.1) is 11.5 Å². The Kier molecular flexibility index (Phi) is 4.86. The van der Waals surface area contributed by atoms with Gasteiger partial charge in [-0.25, -0.2) is 9.97 Å². The van der Waals surface area contributed by atoms with Crippen LogP contribution >= 0.6 is 11.6 Å². The standard InChI is InChI=1S/C21H30ClN5O/c1-15-23-19(22)17-6-11-27(20(17)24-15)18-5-4-16(28-18)14-26-10-3-7-21(26)8-12-25(2)13-9-21/h6,11,16,18H,3-5,7-10,12-14H2,1-2H3. The minimum Gasteiger partial charge on any atom is -0.353 e. The monoisotopic (exact) mass is 403 g/mol. The first-order valence-corrected chi connectivity index (χ1v) is 11.0. The van der Waals surface area contributed by atoms with E-state index in [1.165, 1.54) is 45.3 Å². The van der Waals surface area contributed by atoms with Crippen LogP contribution in [0.5, 0.6) is 0 Å². The largest absolute Gasteiger partial charge is 0.353 e. The van der Waals surface area contributed by atoms with Crippen LogP contribution in [0.15, 0.2) is 12.3 Å². The average Bonchev–Trinajstić information content (AvgIpc) is 3.37. The lowest BCUT2D eigenvalue weighted by Crippen LogP contribution is -2.53. The molecule has 3 fully saturated rings. The van der Waals surface area contributed by atoms with Gasteiger partial charge < -0.3 is 14.2 Å². The number of aromatic nitrogens is 3. The van der Waals surface area contributed by atoms with E-state index in [1.54, 1.807) is 0 Å². The van der Waals surface area contributed by atoms with Gasteiger partial charge in [-0.05, 0) is 78.2 Å². The second-order valence-electron chi connectivity index (χ2n) is 8.89. The Morgan fingerprint density at radius 3 is 2.82 bits per heavy atom. The van der Waals surface area contributed by atoms with Crippen molar-refractivity contribution >= 4 is 22.6 Å². The average molecular weight is 404 g/mol. The van der Waals surface area contributed by atoms with Crippen molar-refractivity contribution in [3.8, 4) is 0 Å². The molecule has 0 N–H and O–H groups in total. The van der Waals surface area contributed by atoms with Crippen molar-refractivity contribution in [2.24, 2.45) is 0 Å². The maximum Gasteiger partial charge on any atom is 0.147 e. The van der Waals surface area contributed by atoms with Gasteiger partial charge in [0.15, 0.2) is 0 Å². The minimum atomic E-state index is 0.0453. The molecule has 28 heavy (non-hydrogen) atoms. The zero-order valence-corrected chi connectivity index (χ0v) is 17.7. The third kappa shape index (κ3) is 3.24. The number of likely N-dealkylation sites (tertiary alicyclic amines) is 2. The van der Waals surface area contributed by atoms with Crippen molar-refractivity contribution in [1.82, 2.24) is 24.3 Å². The van der Waals surface area contributed by atoms with Gasteiger partial charge in [0.25, 0.3) is 0 Å². The SMILES string of the molecule is Cc1nc(Cl)c2ccn(C3CCC(CN4CCCC45CCN(C)CC5)O3)c2n1. The highest BCUT2D eigenvalue weighted by Gasteiger charge is 2.44. The number of rotatable bonds is 3. The zero-order chi connectivity index (χ0) is 19.3. The van der Waals surface area contributed by atoms with E-state index in [-0.39, 0.29) is 6.23 Å². The molecule has 6 nitrogen and oxygen atoms in total. The summed E-state index contributed by atoms with van der Waals surface area (Å²) in [6.07, 6.45) is 9.82. The third-order valence-electron chi connectivity index (χ3n) is 7.12. The Morgan fingerprint density at radius 1 is 1.18 bits per heavy atom. The van der Waals surface area contributed by atoms with Gasteiger partial charge in [-0.15, -0.1) is 0 Å². The normalized spacial score (nSPS) is 28.7. The van der Waals surface area contributed by atoms with E-state index in [1.807, 2.05) is 19.2 Å². The van der Waals surface area contributed by atoms with Crippen LogP contribution in [0.4, 0.5) is 0 Å². The van der Waals surface area contributed by atoms with E-state index >= 15 is 0 Å². The number of piperidine rings is 1. The molecule has 152 valence electrons. The van der Waals surface area contributed by atoms with Gasteiger partial charge >= 0.3 is 0 Å². The van der Waals surface area contributed by atoms with Crippen LogP contribution < -0.4 is 0 Å². The van der Waals surface area contributed by atoms with Crippen molar-refractivity contribution in [3.63, 3.8) is 0 Å². The zero-order valence-electron chi connectivity index (χ0n) is 16.9. The fourth-order valence-corrected chi connectivity index (χ4v) is 5.75. The molecule has 3 aliphatic heterocycles. The van der Waals surface area contributed by atoms with E-state index in [0.717, 1.165) is 30.4 Å². The maximum absolute atomic E-state index is 6.52. The number of hydrogen-bond donors (Lipinski definition) is 0. The summed E-state index contributed by atoms with van der Waals surface area (Å²) in [6.45, 7) is 6.62. The van der Waals surface area contributed by atoms with Crippen molar-refractivity contribution in [3.05, 3.63) is 23.2 Å². The Hall–Kier alpha value is -1.21. The molecule has 0 amide bonds. The van der Waals surface area contributed by atoms with Crippen LogP contribution in [0.2, 0.25) is 5.15 Å². The Morgan fingerprint density at radius 2 is 2.00 bits per heavy atom. The molecule has 0 aromatic carbocycles. The lowest BCUT2D eigenvalue weighted by atomic mass is 9.85. The lowest BCUT2D eigenvalue weighted by molar-refractivity contribution is -0.0323. The molecule has 5 heterocycles. The number of nitrogens with zero attached hydrogens (tertiary/aromatic N) is 5. The van der Waals surface area contributed by atoms with Crippen molar-refractivity contribution < 1.29 is 4.74 Å². The fourth-order valence-electron chi connectivity index (χ4n) is 5.48. The highest BCUT2D eigenvalue weighted by atomic mass is 35.5. The molecule has 3 saturated heterocycles. The van der Waals surface area contributed by atoms with Crippen LogP contribution in [-0.2, 0) is 4.74 Å². The minimum absolute atomic E-state index is 0.0453. The molecule has 2 unspecified atom stereocenters. The third-order valence-corrected chi connectivity index (χ3v) is 7.40. The molecule has 0 saturated carbocycles. The molecule has 0 radical (unpaired) electrons. The van der Waals surface area contributed by atoms with Gasteiger partial charge in [0.1, 0.15) is 22.9 Å². The quantitative estimate of drug-likeness (QED) is 0.732. The molecule has 2 aromatic heterocycles. The molecule has 0 aliphatic carbocycles. The lowest BCUT2D eigenvalue weighted by Gasteiger charge is -2.45. The van der Waals surface area contributed by atoms with Gasteiger partial charge in [-0.1, -0.05) is 11.6 Å². The number of fused-ring (bicyclic) bond motifs is 1. The van der Waals surface area contributed by atoms with E-state index in [0.29, 0.717) is 22.6 Å². The fraction of sp³-hybridized carbons (Fsp3) is 0.714. The van der Waals surface area contributed by atoms with Gasteiger partial charge in [0, 0.05) is 18.3 Å². The summed E-state index contributed by atoms with van der Waals surface area (Å²) in [5.41, 5.74) is 1.31. The van der Waals surface area contributed by atoms with Crippen molar-refractivity contribution in [2.45, 2.75) is 63.3 Å². The molecule has 2 atom stereocenters. The molecule has 7 heteroatoms. The summed E-state index contributed by atoms with van der Waals surface area (Å²) >= 11 is 6.30. The topological polar surface area (TPSA) is 46.4 Å². The van der Waals surface area contributed by atoms with Gasteiger partial charge in [0.2, 0.25) is 0 Å². The molecule has 2 aromatic rings. The van der Waals surface area contributed by atoms with Crippen LogP contribution in [0.3, 0.4) is 0 Å². The summed E-state index contributed by atoms with van der Waals surface area (Å²) in [7, 11) is 2.25. The number of aryl methyl sites for hydroxylation is 1. The van der Waals surface area contributed by atoms with Crippen molar-refractivity contribution in [1.29, 1.82) is 0 Å². The van der Waals surface area contributed by atoms with Gasteiger partial charge in [-0.3, -0.25) is 4.90 Å². The van der Waals surface area contributed by atoms with E-state index in [4.69, 9.17) is 16.3 Å². The second kappa shape index (κ2) is 7.24. The molecule has 1 spiro atoms. The first-order chi connectivity index (χ1) is 13.5. The first kappa shape index (κ1) is 18.8. The van der Waals surface area contributed by atoms with Crippen LogP contribution in [0, 0.1) is 6.92 Å². The number of hydrogen-bond acceptors (Lipinski definition) is 5. The summed E-state index contributed by atoms with van der Waals surface area (Å²) in [5, 5.41) is 1.43. The maximum atomic E-state index is 6.52. The van der Waals surface area contributed by atoms with Crippen LogP contribution in [0.25, 0.3) is 11.0 Å². The van der Waals surface area contributed by atoms with Crippen LogP contribution in [-0.4, -0.2) is 69.2 Å². The predicted octanol–water partition coefficient (Wildman–Crippen LogP) is 3.63. The summed E-state index contributed by atoms with van der Waals surface area (Å²) in [4.78, 5) is 14.1.